The van der Waals surface area contributed by atoms with Crippen LogP contribution in [-0.4, -0.2) is 29.3 Å². The van der Waals surface area contributed by atoms with E-state index in [-0.39, 0.29) is 9.79 Å². The third-order valence-corrected chi connectivity index (χ3v) is 9.69. The predicted octanol–water partition coefficient (Wildman–Crippen LogP) is 5.56. The second-order valence-corrected chi connectivity index (χ2v) is 13.1. The van der Waals surface area contributed by atoms with Gasteiger partial charge in [-0.05, 0) is 92.9 Å². The normalized spacial score (nSPS) is 11.6. The van der Waals surface area contributed by atoms with Crippen LogP contribution in [0, 0.1) is 27.7 Å². The van der Waals surface area contributed by atoms with Crippen LogP contribution in [0.2, 0.25) is 0 Å². The number of sulfonamides is 2. The van der Waals surface area contributed by atoms with E-state index in [0.29, 0.717) is 17.1 Å². The summed E-state index contributed by atoms with van der Waals surface area (Å²) in [5.74, 6) is -0.579. The highest BCUT2D eigenvalue weighted by Crippen LogP contribution is 2.29. The number of amides is 1. The molecule has 0 saturated heterocycles. The highest BCUT2D eigenvalue weighted by molar-refractivity contribution is 7.93. The molecule has 0 heterocycles. The maximum Gasteiger partial charge on any atom is 0.264 e. The van der Waals surface area contributed by atoms with E-state index in [1.807, 2.05) is 39.0 Å². The van der Waals surface area contributed by atoms with Gasteiger partial charge in [0.2, 0.25) is 5.91 Å². The molecular weight excluding hydrogens is 546 g/mol. The summed E-state index contributed by atoms with van der Waals surface area (Å²) in [5.41, 5.74) is 4.65. The van der Waals surface area contributed by atoms with E-state index in [4.69, 9.17) is 0 Å². The molecule has 0 aliphatic carbocycles. The second kappa shape index (κ2) is 11.5. The molecule has 0 aliphatic heterocycles. The summed E-state index contributed by atoms with van der Waals surface area (Å²) in [6.45, 7) is 6.95. The molecule has 2 N–H and O–H groups in total. The van der Waals surface area contributed by atoms with E-state index in [1.54, 1.807) is 43.3 Å². The molecule has 0 fully saturated rings. The molecule has 0 aromatic heterocycles. The van der Waals surface area contributed by atoms with Gasteiger partial charge in [0.1, 0.15) is 6.54 Å². The number of carbonyl (C=O) groups is 1. The number of nitrogens with zero attached hydrogens (tertiary/aromatic N) is 1. The van der Waals surface area contributed by atoms with E-state index >= 15 is 0 Å². The van der Waals surface area contributed by atoms with Crippen molar-refractivity contribution in [1.82, 2.24) is 0 Å². The minimum Gasteiger partial charge on any atom is -0.325 e. The molecule has 0 bridgehead atoms. The van der Waals surface area contributed by atoms with Gasteiger partial charge in [0.15, 0.2) is 0 Å². The molecule has 10 heteroatoms. The van der Waals surface area contributed by atoms with Crippen LogP contribution in [0.1, 0.15) is 22.3 Å². The summed E-state index contributed by atoms with van der Waals surface area (Å²) in [5, 5.41) is 2.68. The fraction of sp³-hybridized carbons (Fsp3) is 0.167. The van der Waals surface area contributed by atoms with Crippen molar-refractivity contribution in [2.75, 3.05) is 20.9 Å². The average Bonchev–Trinajstić information content (AvgIpc) is 2.91. The summed E-state index contributed by atoms with van der Waals surface area (Å²) in [7, 11) is -7.92. The zero-order valence-electron chi connectivity index (χ0n) is 22.7. The van der Waals surface area contributed by atoms with Gasteiger partial charge in [-0.2, -0.15) is 0 Å². The van der Waals surface area contributed by atoms with Crippen molar-refractivity contribution in [1.29, 1.82) is 0 Å². The summed E-state index contributed by atoms with van der Waals surface area (Å²) in [4.78, 5) is 13.2. The van der Waals surface area contributed by atoms with Gasteiger partial charge >= 0.3 is 0 Å². The molecule has 4 aromatic carbocycles. The average molecular weight is 578 g/mol. The van der Waals surface area contributed by atoms with Gasteiger partial charge in [0, 0.05) is 5.69 Å². The Bertz CT molecular complexity index is 1750. The number of hydrogen-bond acceptors (Lipinski definition) is 5. The lowest BCUT2D eigenvalue weighted by Crippen LogP contribution is -2.38. The summed E-state index contributed by atoms with van der Waals surface area (Å²) >= 11 is 0. The number of hydrogen-bond donors (Lipinski definition) is 2. The highest BCUT2D eigenvalue weighted by atomic mass is 32.2. The fourth-order valence-electron chi connectivity index (χ4n) is 4.21. The van der Waals surface area contributed by atoms with E-state index in [2.05, 4.69) is 10.0 Å². The molecule has 0 spiro atoms. The molecule has 40 heavy (non-hydrogen) atoms. The van der Waals surface area contributed by atoms with Crippen molar-refractivity contribution in [2.45, 2.75) is 37.5 Å². The third kappa shape index (κ3) is 6.35. The fourth-order valence-corrected chi connectivity index (χ4v) is 6.84. The van der Waals surface area contributed by atoms with Crippen LogP contribution in [-0.2, 0) is 24.8 Å². The number of nitrogens with one attached hydrogen (secondary N) is 2. The van der Waals surface area contributed by atoms with Crippen molar-refractivity contribution in [2.24, 2.45) is 0 Å². The molecule has 4 aromatic rings. The van der Waals surface area contributed by atoms with Crippen molar-refractivity contribution in [3.8, 4) is 0 Å². The zero-order chi connectivity index (χ0) is 29.1. The Kier molecular flexibility index (Phi) is 8.32. The Hall–Kier alpha value is -4.15. The van der Waals surface area contributed by atoms with E-state index < -0.39 is 32.5 Å². The second-order valence-electron chi connectivity index (χ2n) is 9.54. The molecular formula is C30H31N3O5S2. The number of rotatable bonds is 9. The molecule has 1 amide bonds. The SMILES string of the molecule is Cc1ccc(NS(=O)(=O)c2ccc(NC(=O)CN(c3cccc(C)c3C)S(=O)(=O)c3ccccc3)cc2)c(C)c1. The monoisotopic (exact) mass is 577 g/mol. The summed E-state index contributed by atoms with van der Waals surface area (Å²) < 4.78 is 56.7. The Balaban J connectivity index is 1.55. The molecule has 0 atom stereocenters. The van der Waals surface area contributed by atoms with Crippen LogP contribution in [0.25, 0.3) is 0 Å². The van der Waals surface area contributed by atoms with Crippen LogP contribution < -0.4 is 14.3 Å². The van der Waals surface area contributed by atoms with E-state index in [0.717, 1.165) is 26.6 Å². The van der Waals surface area contributed by atoms with Gasteiger partial charge in [0.05, 0.1) is 21.2 Å². The van der Waals surface area contributed by atoms with Gasteiger partial charge in [-0.25, -0.2) is 16.8 Å². The first kappa shape index (κ1) is 28.8. The lowest BCUT2D eigenvalue weighted by Gasteiger charge is -2.26. The largest absolute Gasteiger partial charge is 0.325 e. The lowest BCUT2D eigenvalue weighted by atomic mass is 10.1. The smallest absolute Gasteiger partial charge is 0.264 e. The lowest BCUT2D eigenvalue weighted by molar-refractivity contribution is -0.114. The molecule has 208 valence electrons. The van der Waals surface area contributed by atoms with E-state index in [1.165, 1.54) is 36.4 Å². The maximum atomic E-state index is 13.6. The number of benzene rings is 4. The van der Waals surface area contributed by atoms with Crippen LogP contribution in [0.4, 0.5) is 17.1 Å². The topological polar surface area (TPSA) is 113 Å². The van der Waals surface area contributed by atoms with Gasteiger partial charge in [-0.1, -0.05) is 48.0 Å². The van der Waals surface area contributed by atoms with Crippen molar-refractivity contribution >= 4 is 43.0 Å². The molecule has 0 saturated carbocycles. The molecule has 4 rings (SSSR count). The first-order chi connectivity index (χ1) is 18.9. The summed E-state index contributed by atoms with van der Waals surface area (Å²) in [6.07, 6.45) is 0. The summed E-state index contributed by atoms with van der Waals surface area (Å²) in [6, 6.07) is 24.3. The molecule has 0 aliphatic rings. The Morgan fingerprint density at radius 1 is 0.725 bits per heavy atom. The third-order valence-electron chi connectivity index (χ3n) is 6.54. The van der Waals surface area contributed by atoms with Crippen molar-refractivity contribution in [3.05, 3.63) is 113 Å². The van der Waals surface area contributed by atoms with Crippen molar-refractivity contribution < 1.29 is 21.6 Å². The van der Waals surface area contributed by atoms with Crippen LogP contribution in [0.15, 0.2) is 101 Å². The number of anilines is 3. The first-order valence-corrected chi connectivity index (χ1v) is 15.4. The van der Waals surface area contributed by atoms with Crippen molar-refractivity contribution in [3.63, 3.8) is 0 Å². The zero-order valence-corrected chi connectivity index (χ0v) is 24.3. The quantitative estimate of drug-likeness (QED) is 0.271. The van der Waals surface area contributed by atoms with Crippen LogP contribution >= 0.6 is 0 Å². The van der Waals surface area contributed by atoms with E-state index in [9.17, 15) is 21.6 Å². The van der Waals surface area contributed by atoms with Gasteiger partial charge in [-0.15, -0.1) is 0 Å². The Labute approximate surface area is 235 Å². The van der Waals surface area contributed by atoms with Crippen LogP contribution in [0.5, 0.6) is 0 Å². The predicted molar refractivity (Wildman–Crippen MR) is 159 cm³/mol. The maximum absolute atomic E-state index is 13.6. The Morgan fingerprint density at radius 2 is 1.40 bits per heavy atom. The molecule has 0 unspecified atom stereocenters. The molecule has 8 nitrogen and oxygen atoms in total. The van der Waals surface area contributed by atoms with Crippen LogP contribution in [0.3, 0.4) is 0 Å². The number of carbonyl (C=O) groups excluding carboxylic acids is 1. The highest BCUT2D eigenvalue weighted by Gasteiger charge is 2.28. The first-order valence-electron chi connectivity index (χ1n) is 12.5. The minimum absolute atomic E-state index is 0.0224. The van der Waals surface area contributed by atoms with Gasteiger partial charge < -0.3 is 5.32 Å². The standard InChI is InChI=1S/C30H31N3O5S2/c1-21-13-18-28(23(3)19-21)32-39(35,36)26-16-14-25(15-17-26)31-30(34)20-33(29-12-8-9-22(2)24(29)4)40(37,38)27-10-6-5-7-11-27/h5-19,32H,20H2,1-4H3,(H,31,34). The minimum atomic E-state index is -4.06. The Morgan fingerprint density at radius 3 is 2.05 bits per heavy atom. The number of aryl methyl sites for hydroxylation is 3. The molecule has 0 radical (unpaired) electrons. The van der Waals surface area contributed by atoms with Gasteiger partial charge in [-0.3, -0.25) is 13.8 Å². The van der Waals surface area contributed by atoms with Gasteiger partial charge in [0.25, 0.3) is 20.0 Å².